The molecule has 4 N–H and O–H groups in total. The van der Waals surface area contributed by atoms with E-state index < -0.39 is 0 Å². The van der Waals surface area contributed by atoms with Crippen molar-refractivity contribution in [1.29, 1.82) is 0 Å². The maximum absolute atomic E-state index is 5.52. The second kappa shape index (κ2) is 8.59. The van der Waals surface area contributed by atoms with E-state index in [2.05, 4.69) is 21.5 Å². The van der Waals surface area contributed by atoms with Crippen LogP contribution in [0.1, 0.15) is 44.9 Å². The molecule has 0 amide bonds. The minimum absolute atomic E-state index is 0.280. The van der Waals surface area contributed by atoms with E-state index in [1.54, 1.807) is 0 Å². The minimum atomic E-state index is 0.280. The van der Waals surface area contributed by atoms with Gasteiger partial charge in [-0.1, -0.05) is 19.3 Å². The maximum Gasteiger partial charge on any atom is 0.185 e. The van der Waals surface area contributed by atoms with Crippen molar-refractivity contribution < 1.29 is 4.74 Å². The zero-order valence-electron chi connectivity index (χ0n) is 11.7. The van der Waals surface area contributed by atoms with Crippen LogP contribution in [0.3, 0.4) is 0 Å². The summed E-state index contributed by atoms with van der Waals surface area (Å²) in [4.78, 5) is 0. The van der Waals surface area contributed by atoms with Crippen LogP contribution in [0.15, 0.2) is 0 Å². The summed E-state index contributed by atoms with van der Waals surface area (Å²) in [6, 6.07) is 0.499. The number of nitrogens with one attached hydrogen (secondary N) is 4. The first-order chi connectivity index (χ1) is 9.74. The van der Waals surface area contributed by atoms with E-state index in [1.807, 2.05) is 0 Å². The lowest BCUT2D eigenvalue weighted by molar-refractivity contribution is 0.114. The van der Waals surface area contributed by atoms with Gasteiger partial charge in [-0.2, -0.15) is 0 Å². The van der Waals surface area contributed by atoms with Gasteiger partial charge in [0.1, 0.15) is 0 Å². The molecule has 2 fully saturated rings. The van der Waals surface area contributed by atoms with Crippen molar-refractivity contribution in [3.63, 3.8) is 0 Å². The summed E-state index contributed by atoms with van der Waals surface area (Å²) in [5.41, 5.74) is 5.84. The Labute approximate surface area is 131 Å². The van der Waals surface area contributed by atoms with Crippen LogP contribution in [-0.4, -0.2) is 35.5 Å². The summed E-state index contributed by atoms with van der Waals surface area (Å²) < 4.78 is 5.52. The SMILES string of the molecule is S=C(NC[C@@H]1CCCO1)NNC(=S)NC1CCCCC1. The molecule has 1 saturated heterocycles. The number of ether oxygens (including phenoxy) is 1. The Bertz CT molecular complexity index is 328. The minimum Gasteiger partial charge on any atom is -0.376 e. The first-order valence-corrected chi connectivity index (χ1v) is 8.27. The van der Waals surface area contributed by atoms with Gasteiger partial charge in [-0.15, -0.1) is 0 Å². The summed E-state index contributed by atoms with van der Waals surface area (Å²) in [6.07, 6.45) is 8.83. The van der Waals surface area contributed by atoms with E-state index in [4.69, 9.17) is 29.2 Å². The molecule has 0 bridgehead atoms. The van der Waals surface area contributed by atoms with Gasteiger partial charge in [-0.25, -0.2) is 0 Å². The second-order valence-corrected chi connectivity index (χ2v) is 6.22. The van der Waals surface area contributed by atoms with Gasteiger partial charge in [0, 0.05) is 19.2 Å². The van der Waals surface area contributed by atoms with Gasteiger partial charge in [-0.3, -0.25) is 10.9 Å². The number of thiocarbonyl (C=S) groups is 2. The topological polar surface area (TPSA) is 57.4 Å². The summed E-state index contributed by atoms with van der Waals surface area (Å²) in [7, 11) is 0. The average Bonchev–Trinajstić information content (AvgIpc) is 2.97. The van der Waals surface area contributed by atoms with Crippen LogP contribution in [0.5, 0.6) is 0 Å². The highest BCUT2D eigenvalue weighted by atomic mass is 32.1. The number of hydrogen-bond acceptors (Lipinski definition) is 3. The first kappa shape index (κ1) is 15.7. The molecule has 1 heterocycles. The number of hydrogen-bond donors (Lipinski definition) is 4. The van der Waals surface area contributed by atoms with Crippen molar-refractivity contribution in [1.82, 2.24) is 21.5 Å². The van der Waals surface area contributed by atoms with Crippen LogP contribution < -0.4 is 21.5 Å². The molecule has 0 aromatic rings. The van der Waals surface area contributed by atoms with Crippen LogP contribution in [0.2, 0.25) is 0 Å². The van der Waals surface area contributed by atoms with Crippen LogP contribution in [0, 0.1) is 0 Å². The van der Waals surface area contributed by atoms with Gasteiger partial charge in [0.15, 0.2) is 10.2 Å². The highest BCUT2D eigenvalue weighted by Crippen LogP contribution is 2.17. The molecule has 7 heteroatoms. The molecule has 0 radical (unpaired) electrons. The highest BCUT2D eigenvalue weighted by Gasteiger charge is 2.16. The summed E-state index contributed by atoms with van der Waals surface area (Å²) in [5, 5.41) is 7.60. The lowest BCUT2D eigenvalue weighted by atomic mass is 9.96. The highest BCUT2D eigenvalue weighted by molar-refractivity contribution is 7.80. The monoisotopic (exact) mass is 316 g/mol. The lowest BCUT2D eigenvalue weighted by Gasteiger charge is -2.24. The third-order valence-electron chi connectivity index (χ3n) is 3.74. The molecule has 0 unspecified atom stereocenters. The molecule has 0 aromatic heterocycles. The van der Waals surface area contributed by atoms with E-state index in [-0.39, 0.29) is 6.10 Å². The smallest absolute Gasteiger partial charge is 0.185 e. The molecule has 2 aliphatic rings. The standard InChI is InChI=1S/C13H24N4OS2/c19-12(14-9-11-7-4-8-18-11)16-17-13(20)15-10-5-2-1-3-6-10/h10-11H,1-9H2,(H2,14,16,19)(H2,15,17,20)/t11-/m0/s1. The second-order valence-electron chi connectivity index (χ2n) is 5.40. The average molecular weight is 316 g/mol. The molecule has 1 saturated carbocycles. The van der Waals surface area contributed by atoms with Crippen LogP contribution in [0.25, 0.3) is 0 Å². The quantitative estimate of drug-likeness (QED) is 0.463. The first-order valence-electron chi connectivity index (χ1n) is 7.46. The number of rotatable bonds is 3. The Hall–Kier alpha value is -0.660. The predicted molar refractivity (Wildman–Crippen MR) is 88.5 cm³/mol. The fraction of sp³-hybridized carbons (Fsp3) is 0.846. The molecule has 2 rings (SSSR count). The molecule has 0 spiro atoms. The Balaban J connectivity index is 1.53. The van der Waals surface area contributed by atoms with Gasteiger partial charge in [0.05, 0.1) is 6.10 Å². The van der Waals surface area contributed by atoms with Crippen LogP contribution >= 0.6 is 24.4 Å². The molecular weight excluding hydrogens is 292 g/mol. The van der Waals surface area contributed by atoms with Crippen LogP contribution in [-0.2, 0) is 4.74 Å². The van der Waals surface area contributed by atoms with Gasteiger partial charge in [0.25, 0.3) is 0 Å². The van der Waals surface area contributed by atoms with E-state index in [1.165, 1.54) is 32.1 Å². The van der Waals surface area contributed by atoms with Gasteiger partial charge < -0.3 is 15.4 Å². The molecule has 1 atom stereocenters. The van der Waals surface area contributed by atoms with Gasteiger partial charge in [-0.05, 0) is 50.1 Å². The van der Waals surface area contributed by atoms with Crippen LogP contribution in [0.4, 0.5) is 0 Å². The Morgan fingerprint density at radius 3 is 2.40 bits per heavy atom. The third-order valence-corrected chi connectivity index (χ3v) is 4.21. The Kier molecular flexibility index (Phi) is 6.75. The molecule has 1 aliphatic heterocycles. The molecule has 114 valence electrons. The van der Waals surface area contributed by atoms with E-state index in [0.717, 1.165) is 26.0 Å². The zero-order chi connectivity index (χ0) is 14.2. The maximum atomic E-state index is 5.52. The van der Waals surface area contributed by atoms with Crippen molar-refractivity contribution in [2.75, 3.05) is 13.2 Å². The summed E-state index contributed by atoms with van der Waals surface area (Å²) in [6.45, 7) is 1.61. The van der Waals surface area contributed by atoms with Crippen molar-refractivity contribution in [3.8, 4) is 0 Å². The summed E-state index contributed by atoms with van der Waals surface area (Å²) >= 11 is 10.4. The lowest BCUT2D eigenvalue weighted by Crippen LogP contribution is -2.53. The van der Waals surface area contributed by atoms with Crippen molar-refractivity contribution in [2.45, 2.75) is 57.1 Å². The molecule has 0 aromatic carbocycles. The largest absolute Gasteiger partial charge is 0.376 e. The van der Waals surface area contributed by atoms with Gasteiger partial charge >= 0.3 is 0 Å². The Morgan fingerprint density at radius 2 is 1.70 bits per heavy atom. The molecule has 20 heavy (non-hydrogen) atoms. The van der Waals surface area contributed by atoms with E-state index >= 15 is 0 Å². The molecule has 5 nitrogen and oxygen atoms in total. The normalized spacial score (nSPS) is 23.1. The fourth-order valence-electron chi connectivity index (χ4n) is 2.64. The number of hydrazine groups is 1. The fourth-order valence-corrected chi connectivity index (χ4v) is 2.99. The zero-order valence-corrected chi connectivity index (χ0v) is 13.4. The Morgan fingerprint density at radius 1 is 0.950 bits per heavy atom. The van der Waals surface area contributed by atoms with Crippen molar-refractivity contribution in [3.05, 3.63) is 0 Å². The van der Waals surface area contributed by atoms with E-state index in [9.17, 15) is 0 Å². The molecule has 1 aliphatic carbocycles. The molecular formula is C13H24N4OS2. The predicted octanol–water partition coefficient (Wildman–Crippen LogP) is 1.34. The third kappa shape index (κ3) is 5.76. The van der Waals surface area contributed by atoms with Gasteiger partial charge in [0.2, 0.25) is 0 Å². The van der Waals surface area contributed by atoms with E-state index in [0.29, 0.717) is 16.3 Å². The van der Waals surface area contributed by atoms with Crippen molar-refractivity contribution in [2.24, 2.45) is 0 Å². The summed E-state index contributed by atoms with van der Waals surface area (Å²) in [5.74, 6) is 0. The van der Waals surface area contributed by atoms with Crippen molar-refractivity contribution >= 4 is 34.7 Å².